The van der Waals surface area contributed by atoms with Crippen molar-refractivity contribution in [3.05, 3.63) is 34.3 Å². The Bertz CT molecular complexity index is 395. The Labute approximate surface area is 119 Å². The summed E-state index contributed by atoms with van der Waals surface area (Å²) in [5, 5.41) is 0. The topological polar surface area (TPSA) is 29.3 Å². The number of hydrogen-bond donors (Lipinski definition) is 1. The fourth-order valence-corrected chi connectivity index (χ4v) is 3.91. The molecule has 0 saturated heterocycles. The Morgan fingerprint density at radius 2 is 1.89 bits per heavy atom. The van der Waals surface area contributed by atoms with Gasteiger partial charge in [-0.25, -0.2) is 0 Å². The maximum atomic E-state index is 6.08. The standard InChI is InChI=1S/C15H23BrN2/c1-18(2)11-15(9-7-12(17)8-10-15)13-5-3-4-6-14(13)16/h3-6,12H,7-11,17H2,1-2H3. The van der Waals surface area contributed by atoms with E-state index in [0.29, 0.717) is 6.04 Å². The van der Waals surface area contributed by atoms with E-state index < -0.39 is 0 Å². The van der Waals surface area contributed by atoms with Gasteiger partial charge in [0.1, 0.15) is 0 Å². The molecule has 0 bridgehead atoms. The van der Waals surface area contributed by atoms with Crippen LogP contribution in [0, 0.1) is 0 Å². The number of benzene rings is 1. The van der Waals surface area contributed by atoms with Crippen LogP contribution in [-0.2, 0) is 5.41 Å². The smallest absolute Gasteiger partial charge is 0.0213 e. The summed E-state index contributed by atoms with van der Waals surface area (Å²) in [6, 6.07) is 9.05. The summed E-state index contributed by atoms with van der Waals surface area (Å²) in [5.41, 5.74) is 7.79. The van der Waals surface area contributed by atoms with E-state index in [-0.39, 0.29) is 5.41 Å². The first-order valence-electron chi connectivity index (χ1n) is 6.69. The molecule has 1 saturated carbocycles. The van der Waals surface area contributed by atoms with Crippen LogP contribution >= 0.6 is 15.9 Å². The molecule has 1 aliphatic carbocycles. The maximum absolute atomic E-state index is 6.08. The molecule has 1 fully saturated rings. The van der Waals surface area contributed by atoms with Crippen LogP contribution in [0.25, 0.3) is 0 Å². The van der Waals surface area contributed by atoms with E-state index in [1.54, 1.807) is 0 Å². The first-order valence-corrected chi connectivity index (χ1v) is 7.48. The van der Waals surface area contributed by atoms with Gasteiger partial charge in [-0.05, 0) is 51.4 Å². The van der Waals surface area contributed by atoms with E-state index in [4.69, 9.17) is 5.73 Å². The molecule has 0 amide bonds. The van der Waals surface area contributed by atoms with Crippen molar-refractivity contribution in [1.82, 2.24) is 4.90 Å². The summed E-state index contributed by atoms with van der Waals surface area (Å²) >= 11 is 3.72. The van der Waals surface area contributed by atoms with Crippen molar-refractivity contribution < 1.29 is 0 Å². The van der Waals surface area contributed by atoms with E-state index in [1.807, 2.05) is 0 Å². The summed E-state index contributed by atoms with van der Waals surface area (Å²) in [6.07, 6.45) is 4.65. The molecule has 0 heterocycles. The van der Waals surface area contributed by atoms with Gasteiger partial charge in [0.25, 0.3) is 0 Å². The summed E-state index contributed by atoms with van der Waals surface area (Å²) in [7, 11) is 4.32. The predicted octanol–water partition coefficient (Wildman–Crippen LogP) is 3.15. The summed E-state index contributed by atoms with van der Waals surface area (Å²) < 4.78 is 1.24. The third-order valence-electron chi connectivity index (χ3n) is 4.05. The van der Waals surface area contributed by atoms with Crippen molar-refractivity contribution in [1.29, 1.82) is 0 Å². The molecule has 0 spiro atoms. The monoisotopic (exact) mass is 310 g/mol. The van der Waals surface area contributed by atoms with Crippen LogP contribution < -0.4 is 5.73 Å². The normalized spacial score (nSPS) is 28.6. The average molecular weight is 311 g/mol. The second-order valence-electron chi connectivity index (χ2n) is 5.84. The van der Waals surface area contributed by atoms with Gasteiger partial charge in [-0.15, -0.1) is 0 Å². The molecule has 1 aliphatic rings. The van der Waals surface area contributed by atoms with Crippen molar-refractivity contribution in [3.63, 3.8) is 0 Å². The lowest BCUT2D eigenvalue weighted by atomic mass is 9.68. The Morgan fingerprint density at radius 3 is 2.44 bits per heavy atom. The van der Waals surface area contributed by atoms with Gasteiger partial charge in [-0.3, -0.25) is 0 Å². The van der Waals surface area contributed by atoms with Crippen LogP contribution in [0.3, 0.4) is 0 Å². The second kappa shape index (κ2) is 5.72. The molecule has 0 atom stereocenters. The molecule has 2 nitrogen and oxygen atoms in total. The van der Waals surface area contributed by atoms with Crippen LogP contribution in [0.5, 0.6) is 0 Å². The van der Waals surface area contributed by atoms with Gasteiger partial charge in [0.05, 0.1) is 0 Å². The van der Waals surface area contributed by atoms with Crippen molar-refractivity contribution >= 4 is 15.9 Å². The lowest BCUT2D eigenvalue weighted by Crippen LogP contribution is -2.43. The van der Waals surface area contributed by atoms with Gasteiger partial charge in [-0.1, -0.05) is 34.1 Å². The highest BCUT2D eigenvalue weighted by molar-refractivity contribution is 9.10. The molecule has 2 rings (SSSR count). The van der Waals surface area contributed by atoms with Crippen molar-refractivity contribution in [2.24, 2.45) is 5.73 Å². The molecule has 1 aromatic rings. The van der Waals surface area contributed by atoms with E-state index in [0.717, 1.165) is 19.4 Å². The van der Waals surface area contributed by atoms with E-state index in [2.05, 4.69) is 59.2 Å². The SMILES string of the molecule is CN(C)CC1(c2ccccc2Br)CCC(N)CC1. The summed E-state index contributed by atoms with van der Waals surface area (Å²) in [4.78, 5) is 2.30. The van der Waals surface area contributed by atoms with E-state index in [9.17, 15) is 0 Å². The average Bonchev–Trinajstić information content (AvgIpc) is 2.32. The van der Waals surface area contributed by atoms with Gasteiger partial charge in [-0.2, -0.15) is 0 Å². The van der Waals surface area contributed by atoms with Crippen LogP contribution in [0.2, 0.25) is 0 Å². The molecule has 2 N–H and O–H groups in total. The van der Waals surface area contributed by atoms with Crippen LogP contribution in [0.15, 0.2) is 28.7 Å². The minimum Gasteiger partial charge on any atom is -0.328 e. The zero-order valence-electron chi connectivity index (χ0n) is 11.3. The van der Waals surface area contributed by atoms with Crippen LogP contribution in [0.1, 0.15) is 31.2 Å². The largest absolute Gasteiger partial charge is 0.328 e. The Balaban J connectivity index is 2.33. The lowest BCUT2D eigenvalue weighted by Gasteiger charge is -2.42. The van der Waals surface area contributed by atoms with Crippen molar-refractivity contribution in [2.75, 3.05) is 20.6 Å². The first-order chi connectivity index (χ1) is 8.53. The van der Waals surface area contributed by atoms with E-state index >= 15 is 0 Å². The maximum Gasteiger partial charge on any atom is 0.0213 e. The van der Waals surface area contributed by atoms with Crippen molar-refractivity contribution in [3.8, 4) is 0 Å². The molecule has 100 valence electrons. The molecular weight excluding hydrogens is 288 g/mol. The zero-order valence-corrected chi connectivity index (χ0v) is 12.9. The number of nitrogens with two attached hydrogens (primary N) is 1. The van der Waals surface area contributed by atoms with Crippen LogP contribution in [-0.4, -0.2) is 31.6 Å². The molecule has 18 heavy (non-hydrogen) atoms. The molecule has 0 unspecified atom stereocenters. The van der Waals surface area contributed by atoms with Gasteiger partial charge in [0, 0.05) is 22.5 Å². The fourth-order valence-electron chi connectivity index (χ4n) is 3.20. The Hall–Kier alpha value is -0.380. The molecule has 0 aliphatic heterocycles. The Morgan fingerprint density at radius 1 is 1.28 bits per heavy atom. The van der Waals surface area contributed by atoms with Gasteiger partial charge >= 0.3 is 0 Å². The minimum atomic E-state index is 0.263. The molecule has 3 heteroatoms. The quantitative estimate of drug-likeness (QED) is 0.929. The third-order valence-corrected chi connectivity index (χ3v) is 4.74. The molecule has 0 radical (unpaired) electrons. The highest BCUT2D eigenvalue weighted by Gasteiger charge is 2.37. The molecular formula is C15H23BrN2. The third kappa shape index (κ3) is 2.95. The zero-order chi connectivity index (χ0) is 13.2. The Kier molecular flexibility index (Phi) is 4.46. The second-order valence-corrected chi connectivity index (χ2v) is 6.69. The van der Waals surface area contributed by atoms with Gasteiger partial charge in [0.15, 0.2) is 0 Å². The molecule has 1 aromatic carbocycles. The fraction of sp³-hybridized carbons (Fsp3) is 0.600. The number of halogens is 1. The summed E-state index contributed by atoms with van der Waals surface area (Å²) in [6.45, 7) is 1.10. The van der Waals surface area contributed by atoms with Crippen LogP contribution in [0.4, 0.5) is 0 Å². The number of rotatable bonds is 3. The number of likely N-dealkylation sites (N-methyl/N-ethyl adjacent to an activating group) is 1. The first kappa shape index (κ1) is 14.0. The van der Waals surface area contributed by atoms with Gasteiger partial charge in [0.2, 0.25) is 0 Å². The van der Waals surface area contributed by atoms with Crippen molar-refractivity contribution in [2.45, 2.75) is 37.1 Å². The minimum absolute atomic E-state index is 0.263. The summed E-state index contributed by atoms with van der Waals surface area (Å²) in [5.74, 6) is 0. The highest BCUT2D eigenvalue weighted by Crippen LogP contribution is 2.42. The number of hydrogen-bond acceptors (Lipinski definition) is 2. The lowest BCUT2D eigenvalue weighted by molar-refractivity contribution is 0.203. The predicted molar refractivity (Wildman–Crippen MR) is 80.8 cm³/mol. The van der Waals surface area contributed by atoms with E-state index in [1.165, 1.54) is 22.9 Å². The molecule has 0 aromatic heterocycles. The highest BCUT2D eigenvalue weighted by atomic mass is 79.9. The number of nitrogens with zero attached hydrogens (tertiary/aromatic N) is 1. The van der Waals surface area contributed by atoms with Gasteiger partial charge < -0.3 is 10.6 Å².